The van der Waals surface area contributed by atoms with Crippen molar-refractivity contribution in [2.75, 3.05) is 6.54 Å². The first-order valence-electron chi connectivity index (χ1n) is 7.33. The molecule has 0 saturated carbocycles. The van der Waals surface area contributed by atoms with Gasteiger partial charge >= 0.3 is 0 Å². The average molecular weight is 404 g/mol. The summed E-state index contributed by atoms with van der Waals surface area (Å²) in [6.45, 7) is 4.70. The topological polar surface area (TPSA) is 45.7 Å². The third-order valence-corrected chi connectivity index (χ3v) is 3.77. The Kier molecular flexibility index (Phi) is 7.45. The van der Waals surface area contributed by atoms with E-state index >= 15 is 0 Å². The Morgan fingerprint density at radius 3 is 2.71 bits per heavy atom. The van der Waals surface area contributed by atoms with Gasteiger partial charge in [-0.05, 0) is 42.0 Å². The van der Waals surface area contributed by atoms with Crippen LogP contribution in [0.4, 0.5) is 0 Å². The standard InChI is InChI=1S/C18H18BrN3OS/c1-2-11-20-18(24)22-21-12-15-5-3-4-6-17(15)23-13-14-7-9-16(19)10-8-14/h2-10,12H,1,11,13H2,(H2,20,22,24)/b21-12-. The molecule has 0 unspecified atom stereocenters. The van der Waals surface area contributed by atoms with E-state index in [2.05, 4.69) is 38.4 Å². The molecule has 0 aromatic heterocycles. The van der Waals surface area contributed by atoms with E-state index in [9.17, 15) is 0 Å². The van der Waals surface area contributed by atoms with Crippen LogP contribution in [0.2, 0.25) is 0 Å². The summed E-state index contributed by atoms with van der Waals surface area (Å²) < 4.78 is 6.94. The van der Waals surface area contributed by atoms with Crippen molar-refractivity contribution in [3.8, 4) is 5.75 Å². The molecule has 2 rings (SSSR count). The molecule has 0 heterocycles. The lowest BCUT2D eigenvalue weighted by Gasteiger charge is -2.09. The number of hydrogen-bond donors (Lipinski definition) is 2. The van der Waals surface area contributed by atoms with Crippen LogP contribution >= 0.6 is 28.1 Å². The van der Waals surface area contributed by atoms with Gasteiger partial charge in [0.1, 0.15) is 12.4 Å². The fourth-order valence-electron chi connectivity index (χ4n) is 1.83. The number of para-hydroxylation sites is 1. The zero-order valence-electron chi connectivity index (χ0n) is 13.0. The zero-order valence-corrected chi connectivity index (χ0v) is 15.4. The minimum absolute atomic E-state index is 0.444. The Hall–Kier alpha value is -2.18. The van der Waals surface area contributed by atoms with Gasteiger partial charge in [0, 0.05) is 16.6 Å². The third kappa shape index (κ3) is 6.14. The summed E-state index contributed by atoms with van der Waals surface area (Å²) >= 11 is 8.50. The zero-order chi connectivity index (χ0) is 17.2. The highest BCUT2D eigenvalue weighted by Crippen LogP contribution is 2.18. The second kappa shape index (κ2) is 9.85. The number of nitrogens with one attached hydrogen (secondary N) is 2. The summed E-state index contributed by atoms with van der Waals surface area (Å²) in [7, 11) is 0. The lowest BCUT2D eigenvalue weighted by molar-refractivity contribution is 0.306. The Balaban J connectivity index is 1.95. The molecular formula is C18H18BrN3OS. The molecule has 0 radical (unpaired) electrons. The van der Waals surface area contributed by atoms with E-state index in [0.29, 0.717) is 18.3 Å². The van der Waals surface area contributed by atoms with Crippen LogP contribution in [-0.4, -0.2) is 17.9 Å². The lowest BCUT2D eigenvalue weighted by Crippen LogP contribution is -2.31. The van der Waals surface area contributed by atoms with Crippen LogP contribution in [0.25, 0.3) is 0 Å². The summed E-state index contributed by atoms with van der Waals surface area (Å²) in [6, 6.07) is 15.7. The molecule has 24 heavy (non-hydrogen) atoms. The Morgan fingerprint density at radius 1 is 1.21 bits per heavy atom. The van der Waals surface area contributed by atoms with Crippen LogP contribution in [0.3, 0.4) is 0 Å². The summed E-state index contributed by atoms with van der Waals surface area (Å²) in [5.41, 5.74) is 4.72. The van der Waals surface area contributed by atoms with Crippen LogP contribution in [0, 0.1) is 0 Å². The van der Waals surface area contributed by atoms with E-state index in [0.717, 1.165) is 21.3 Å². The van der Waals surface area contributed by atoms with Crippen molar-refractivity contribution in [1.29, 1.82) is 0 Å². The minimum Gasteiger partial charge on any atom is -0.488 e. The highest BCUT2D eigenvalue weighted by molar-refractivity contribution is 9.10. The molecule has 4 nitrogen and oxygen atoms in total. The smallest absolute Gasteiger partial charge is 0.187 e. The third-order valence-electron chi connectivity index (χ3n) is 3.00. The van der Waals surface area contributed by atoms with Gasteiger partial charge in [-0.1, -0.05) is 46.3 Å². The van der Waals surface area contributed by atoms with Gasteiger partial charge in [0.2, 0.25) is 0 Å². The van der Waals surface area contributed by atoms with E-state index in [1.165, 1.54) is 0 Å². The summed E-state index contributed by atoms with van der Waals surface area (Å²) in [5.74, 6) is 0.760. The second-order valence-electron chi connectivity index (χ2n) is 4.82. The van der Waals surface area contributed by atoms with Gasteiger partial charge in [-0.3, -0.25) is 5.43 Å². The molecule has 0 saturated heterocycles. The molecule has 0 amide bonds. The maximum Gasteiger partial charge on any atom is 0.187 e. The quantitative estimate of drug-likeness (QED) is 0.317. The summed E-state index contributed by atoms with van der Waals surface area (Å²) in [5, 5.41) is 7.50. The normalized spacial score (nSPS) is 10.4. The molecule has 2 N–H and O–H groups in total. The molecule has 124 valence electrons. The van der Waals surface area contributed by atoms with Gasteiger partial charge in [-0.25, -0.2) is 0 Å². The number of ether oxygens (including phenoxy) is 1. The molecule has 2 aromatic rings. The van der Waals surface area contributed by atoms with Crippen molar-refractivity contribution >= 4 is 39.5 Å². The highest BCUT2D eigenvalue weighted by Gasteiger charge is 2.01. The number of hydrazone groups is 1. The van der Waals surface area contributed by atoms with E-state index in [1.54, 1.807) is 12.3 Å². The van der Waals surface area contributed by atoms with Gasteiger partial charge in [-0.15, -0.1) is 6.58 Å². The molecule has 0 spiro atoms. The Bertz CT molecular complexity index is 716. The minimum atomic E-state index is 0.444. The van der Waals surface area contributed by atoms with Crippen molar-refractivity contribution in [3.05, 3.63) is 76.8 Å². The molecule has 6 heteroatoms. The summed E-state index contributed by atoms with van der Waals surface area (Å²) in [6.07, 6.45) is 3.40. The van der Waals surface area contributed by atoms with Crippen molar-refractivity contribution in [2.24, 2.45) is 5.10 Å². The van der Waals surface area contributed by atoms with Crippen molar-refractivity contribution in [2.45, 2.75) is 6.61 Å². The van der Waals surface area contributed by atoms with E-state index in [-0.39, 0.29) is 0 Å². The van der Waals surface area contributed by atoms with Gasteiger partial charge in [0.05, 0.1) is 6.21 Å². The maximum atomic E-state index is 5.89. The highest BCUT2D eigenvalue weighted by atomic mass is 79.9. The fraction of sp³-hybridized carbons (Fsp3) is 0.111. The van der Waals surface area contributed by atoms with Crippen LogP contribution < -0.4 is 15.5 Å². The van der Waals surface area contributed by atoms with Gasteiger partial charge in [-0.2, -0.15) is 5.10 Å². The molecule has 0 aliphatic rings. The Morgan fingerprint density at radius 2 is 1.96 bits per heavy atom. The summed E-state index contributed by atoms with van der Waals surface area (Å²) in [4.78, 5) is 0. The van der Waals surface area contributed by atoms with Gasteiger partial charge in [0.15, 0.2) is 5.11 Å². The van der Waals surface area contributed by atoms with E-state index in [4.69, 9.17) is 17.0 Å². The van der Waals surface area contributed by atoms with Crippen LogP contribution in [0.15, 0.2) is 70.8 Å². The second-order valence-corrected chi connectivity index (χ2v) is 6.15. The van der Waals surface area contributed by atoms with Crippen molar-refractivity contribution in [3.63, 3.8) is 0 Å². The predicted molar refractivity (Wildman–Crippen MR) is 106 cm³/mol. The predicted octanol–water partition coefficient (Wildman–Crippen LogP) is 4.01. The fourth-order valence-corrected chi connectivity index (χ4v) is 2.23. The number of rotatable bonds is 7. The lowest BCUT2D eigenvalue weighted by atomic mass is 10.2. The molecule has 0 atom stereocenters. The molecule has 0 fully saturated rings. The number of benzene rings is 2. The van der Waals surface area contributed by atoms with Crippen LogP contribution in [-0.2, 0) is 6.61 Å². The molecular weight excluding hydrogens is 386 g/mol. The first-order valence-corrected chi connectivity index (χ1v) is 8.53. The first kappa shape index (κ1) is 18.2. The van der Waals surface area contributed by atoms with E-state index < -0.39 is 0 Å². The Labute approximate surface area is 155 Å². The maximum absolute atomic E-state index is 5.89. The molecule has 2 aromatic carbocycles. The SMILES string of the molecule is C=CCNC(=S)N/N=C\c1ccccc1OCc1ccc(Br)cc1. The van der Waals surface area contributed by atoms with Crippen molar-refractivity contribution in [1.82, 2.24) is 10.7 Å². The number of thiocarbonyl (C=S) groups is 1. The number of hydrogen-bond acceptors (Lipinski definition) is 3. The molecule has 0 bridgehead atoms. The van der Waals surface area contributed by atoms with Crippen molar-refractivity contribution < 1.29 is 4.74 Å². The monoisotopic (exact) mass is 403 g/mol. The number of halogens is 1. The molecule has 0 aliphatic heterocycles. The largest absolute Gasteiger partial charge is 0.488 e. The number of nitrogens with zero attached hydrogens (tertiary/aromatic N) is 1. The van der Waals surface area contributed by atoms with Crippen LogP contribution in [0.1, 0.15) is 11.1 Å². The van der Waals surface area contributed by atoms with Gasteiger partial charge < -0.3 is 10.1 Å². The molecule has 0 aliphatic carbocycles. The average Bonchev–Trinajstić information content (AvgIpc) is 2.60. The van der Waals surface area contributed by atoms with Crippen LogP contribution in [0.5, 0.6) is 5.75 Å². The first-order chi connectivity index (χ1) is 11.7. The van der Waals surface area contributed by atoms with Gasteiger partial charge in [0.25, 0.3) is 0 Å². The van der Waals surface area contributed by atoms with E-state index in [1.807, 2.05) is 48.5 Å².